The summed E-state index contributed by atoms with van der Waals surface area (Å²) in [6.07, 6.45) is 0. The Bertz CT molecular complexity index is 3560. The quantitative estimate of drug-likeness (QED) is 0.148. The fourth-order valence-corrected chi connectivity index (χ4v) is 10.6. The van der Waals surface area contributed by atoms with Crippen molar-refractivity contribution in [3.05, 3.63) is 254 Å². The Morgan fingerprint density at radius 2 is 0.892 bits per heavy atom. The van der Waals surface area contributed by atoms with Gasteiger partial charge in [0.05, 0.1) is 16.7 Å². The standard InChI is InChI=1S/C63H46N2/c1-63(2)56-35-16-14-30-52(56)55-42-48(39-40-57(55)63)64(59-37-19-33-50(44-23-8-4-9-24-44)61(59)53-31-13-12-29-49(53)43-21-6-3-7-22-43)47-28-18-25-45(41-47)51-34-20-38-60-62(51)54-32-15-17-36-58(54)65(60)46-26-10-5-11-27-46/h3-42H,1-2H3. The van der Waals surface area contributed by atoms with Gasteiger partial charge in [0.15, 0.2) is 0 Å². The molecule has 1 aliphatic rings. The van der Waals surface area contributed by atoms with E-state index in [1.54, 1.807) is 0 Å². The van der Waals surface area contributed by atoms with Gasteiger partial charge in [-0.15, -0.1) is 0 Å². The van der Waals surface area contributed by atoms with E-state index in [0.29, 0.717) is 0 Å². The van der Waals surface area contributed by atoms with Crippen molar-refractivity contribution in [2.75, 3.05) is 4.90 Å². The first-order valence-corrected chi connectivity index (χ1v) is 22.6. The van der Waals surface area contributed by atoms with Crippen molar-refractivity contribution in [2.45, 2.75) is 19.3 Å². The van der Waals surface area contributed by atoms with Crippen LogP contribution in [0.1, 0.15) is 25.0 Å². The van der Waals surface area contributed by atoms with Crippen molar-refractivity contribution < 1.29 is 0 Å². The van der Waals surface area contributed by atoms with E-state index < -0.39 is 0 Å². The van der Waals surface area contributed by atoms with Crippen LogP contribution in [-0.2, 0) is 5.41 Å². The Kier molecular flexibility index (Phi) is 9.21. The largest absolute Gasteiger partial charge is 0.310 e. The van der Waals surface area contributed by atoms with Gasteiger partial charge >= 0.3 is 0 Å². The molecule has 12 rings (SSSR count). The van der Waals surface area contributed by atoms with Crippen LogP contribution in [0, 0.1) is 0 Å². The molecule has 0 fully saturated rings. The molecule has 0 aliphatic heterocycles. The first-order chi connectivity index (χ1) is 32.0. The molecular formula is C63H46N2. The average Bonchev–Trinajstić information content (AvgIpc) is 3.83. The summed E-state index contributed by atoms with van der Waals surface area (Å²) in [5, 5.41) is 2.48. The number of anilines is 3. The van der Waals surface area contributed by atoms with Gasteiger partial charge in [0.1, 0.15) is 0 Å². The summed E-state index contributed by atoms with van der Waals surface area (Å²) >= 11 is 0. The molecule has 0 N–H and O–H groups in total. The molecule has 1 aromatic heterocycles. The van der Waals surface area contributed by atoms with Gasteiger partial charge in [-0.2, -0.15) is 0 Å². The zero-order valence-electron chi connectivity index (χ0n) is 36.5. The molecule has 10 aromatic carbocycles. The number of hydrogen-bond donors (Lipinski definition) is 0. The Labute approximate surface area is 381 Å². The second-order valence-electron chi connectivity index (χ2n) is 17.7. The maximum absolute atomic E-state index is 2.51. The number of aromatic nitrogens is 1. The van der Waals surface area contributed by atoms with Gasteiger partial charge < -0.3 is 9.47 Å². The third kappa shape index (κ3) is 6.32. The van der Waals surface area contributed by atoms with Crippen molar-refractivity contribution in [3.8, 4) is 61.3 Å². The van der Waals surface area contributed by atoms with Crippen molar-refractivity contribution in [2.24, 2.45) is 0 Å². The highest BCUT2D eigenvalue weighted by Gasteiger charge is 2.36. The fraction of sp³-hybridized carbons (Fsp3) is 0.0476. The smallest absolute Gasteiger partial charge is 0.0547 e. The molecule has 0 radical (unpaired) electrons. The summed E-state index contributed by atoms with van der Waals surface area (Å²) < 4.78 is 2.40. The summed E-state index contributed by atoms with van der Waals surface area (Å²) in [4.78, 5) is 2.51. The van der Waals surface area contributed by atoms with E-state index in [1.807, 2.05) is 0 Å². The molecule has 0 atom stereocenters. The highest BCUT2D eigenvalue weighted by atomic mass is 15.1. The third-order valence-corrected chi connectivity index (χ3v) is 13.6. The normalized spacial score (nSPS) is 12.6. The Morgan fingerprint density at radius 3 is 1.68 bits per heavy atom. The van der Waals surface area contributed by atoms with Crippen LogP contribution in [0.5, 0.6) is 0 Å². The predicted molar refractivity (Wildman–Crippen MR) is 275 cm³/mol. The predicted octanol–water partition coefficient (Wildman–Crippen LogP) is 17.2. The van der Waals surface area contributed by atoms with Gasteiger partial charge in [0.25, 0.3) is 0 Å². The Balaban J connectivity index is 1.14. The molecule has 65 heavy (non-hydrogen) atoms. The van der Waals surface area contributed by atoms with E-state index in [4.69, 9.17) is 0 Å². The molecule has 11 aromatic rings. The van der Waals surface area contributed by atoms with Gasteiger partial charge in [0, 0.05) is 38.8 Å². The zero-order chi connectivity index (χ0) is 43.5. The van der Waals surface area contributed by atoms with E-state index in [2.05, 4.69) is 266 Å². The number of nitrogens with zero attached hydrogens (tertiary/aromatic N) is 2. The average molecular weight is 831 g/mol. The molecule has 0 amide bonds. The maximum atomic E-state index is 2.51. The first-order valence-electron chi connectivity index (χ1n) is 22.6. The monoisotopic (exact) mass is 830 g/mol. The van der Waals surface area contributed by atoms with Crippen molar-refractivity contribution in [1.82, 2.24) is 4.57 Å². The maximum Gasteiger partial charge on any atom is 0.0547 e. The van der Waals surface area contributed by atoms with Crippen molar-refractivity contribution in [3.63, 3.8) is 0 Å². The minimum absolute atomic E-state index is 0.111. The Morgan fingerprint density at radius 1 is 0.354 bits per heavy atom. The third-order valence-electron chi connectivity index (χ3n) is 13.6. The fourth-order valence-electron chi connectivity index (χ4n) is 10.6. The lowest BCUT2D eigenvalue weighted by molar-refractivity contribution is 0.660. The van der Waals surface area contributed by atoms with E-state index in [9.17, 15) is 0 Å². The zero-order valence-corrected chi connectivity index (χ0v) is 36.5. The van der Waals surface area contributed by atoms with E-state index in [1.165, 1.54) is 83.0 Å². The number of hydrogen-bond acceptors (Lipinski definition) is 1. The second-order valence-corrected chi connectivity index (χ2v) is 17.7. The summed E-state index contributed by atoms with van der Waals surface area (Å²) in [6, 6.07) is 89.0. The van der Waals surface area contributed by atoms with Crippen LogP contribution in [0.15, 0.2) is 243 Å². The lowest BCUT2D eigenvalue weighted by Gasteiger charge is -2.31. The molecular weight excluding hydrogens is 785 g/mol. The SMILES string of the molecule is CC1(C)c2ccccc2-c2cc(N(c3cccc(-c4cccc5c4c4ccccc4n5-c4ccccc4)c3)c3cccc(-c4ccccc4)c3-c3ccccc3-c3ccccc3)ccc21. The van der Waals surface area contributed by atoms with Crippen LogP contribution >= 0.6 is 0 Å². The van der Waals surface area contributed by atoms with Gasteiger partial charge in [-0.1, -0.05) is 202 Å². The van der Waals surface area contributed by atoms with E-state index >= 15 is 0 Å². The molecule has 1 heterocycles. The minimum atomic E-state index is -0.111. The van der Waals surface area contributed by atoms with Crippen LogP contribution in [0.4, 0.5) is 17.1 Å². The molecule has 0 unspecified atom stereocenters. The van der Waals surface area contributed by atoms with Gasteiger partial charge in [-0.05, 0) is 116 Å². The van der Waals surface area contributed by atoms with Gasteiger partial charge in [0.2, 0.25) is 0 Å². The molecule has 308 valence electrons. The van der Waals surface area contributed by atoms with E-state index in [0.717, 1.165) is 28.3 Å². The number of para-hydroxylation sites is 2. The summed E-state index contributed by atoms with van der Waals surface area (Å²) in [5.74, 6) is 0. The minimum Gasteiger partial charge on any atom is -0.310 e. The topological polar surface area (TPSA) is 8.17 Å². The van der Waals surface area contributed by atoms with Crippen LogP contribution in [0.3, 0.4) is 0 Å². The van der Waals surface area contributed by atoms with Crippen molar-refractivity contribution in [1.29, 1.82) is 0 Å². The molecule has 0 saturated heterocycles. The number of rotatable bonds is 8. The van der Waals surface area contributed by atoms with E-state index in [-0.39, 0.29) is 5.41 Å². The molecule has 2 heteroatoms. The number of fused-ring (bicyclic) bond motifs is 6. The van der Waals surface area contributed by atoms with Crippen molar-refractivity contribution >= 4 is 38.9 Å². The molecule has 2 nitrogen and oxygen atoms in total. The van der Waals surface area contributed by atoms with Gasteiger partial charge in [-0.3, -0.25) is 0 Å². The van der Waals surface area contributed by atoms with Gasteiger partial charge in [-0.25, -0.2) is 0 Å². The first kappa shape index (κ1) is 38.5. The summed E-state index contributed by atoms with van der Waals surface area (Å²) in [5.41, 5.74) is 21.5. The highest BCUT2D eigenvalue weighted by molar-refractivity contribution is 6.16. The molecule has 0 bridgehead atoms. The lowest BCUT2D eigenvalue weighted by Crippen LogP contribution is -2.15. The second kappa shape index (κ2) is 15.6. The van der Waals surface area contributed by atoms with Crippen LogP contribution in [0.25, 0.3) is 83.1 Å². The molecule has 0 saturated carbocycles. The molecule has 1 aliphatic carbocycles. The summed E-state index contributed by atoms with van der Waals surface area (Å²) in [6.45, 7) is 4.71. The summed E-state index contributed by atoms with van der Waals surface area (Å²) in [7, 11) is 0. The molecule has 0 spiro atoms. The Hall–Kier alpha value is -8.20. The van der Waals surface area contributed by atoms with Crippen LogP contribution < -0.4 is 4.90 Å². The van der Waals surface area contributed by atoms with Crippen LogP contribution in [0.2, 0.25) is 0 Å². The number of benzene rings is 10. The highest BCUT2D eigenvalue weighted by Crippen LogP contribution is 2.53. The van der Waals surface area contributed by atoms with Crippen LogP contribution in [-0.4, -0.2) is 4.57 Å². The lowest BCUT2D eigenvalue weighted by atomic mass is 9.82.